The second-order valence-electron chi connectivity index (χ2n) is 4.74. The van der Waals surface area contributed by atoms with Crippen LogP contribution in [0.5, 0.6) is 0 Å². The summed E-state index contributed by atoms with van der Waals surface area (Å²) in [5.74, 6) is 1.90. The standard InChI is InChI=1S/C15H22OS/c1-3-7-14(8-4-1)13-16-11-12-17-15-9-5-2-6-10-15/h2,5-6,9-10,14H,1,3-4,7-8,11-13H2. The largest absolute Gasteiger partial charge is 0.380 e. The molecule has 1 aliphatic rings. The molecular weight excluding hydrogens is 228 g/mol. The molecule has 1 fully saturated rings. The summed E-state index contributed by atoms with van der Waals surface area (Å²) in [7, 11) is 0. The number of hydrogen-bond donors (Lipinski definition) is 0. The molecule has 0 radical (unpaired) electrons. The Morgan fingerprint density at radius 3 is 2.59 bits per heavy atom. The summed E-state index contributed by atoms with van der Waals surface area (Å²) < 4.78 is 5.77. The molecule has 2 rings (SSSR count). The van der Waals surface area contributed by atoms with Crippen molar-refractivity contribution < 1.29 is 4.74 Å². The molecule has 0 heterocycles. The van der Waals surface area contributed by atoms with E-state index in [1.165, 1.54) is 37.0 Å². The molecular formula is C15H22OS. The van der Waals surface area contributed by atoms with E-state index in [4.69, 9.17) is 4.74 Å². The van der Waals surface area contributed by atoms with Crippen molar-refractivity contribution in [3.8, 4) is 0 Å². The molecule has 1 aromatic rings. The molecule has 0 aliphatic heterocycles. The zero-order valence-corrected chi connectivity index (χ0v) is 11.3. The van der Waals surface area contributed by atoms with Crippen LogP contribution in [0.25, 0.3) is 0 Å². The van der Waals surface area contributed by atoms with Crippen LogP contribution in [0.3, 0.4) is 0 Å². The maximum atomic E-state index is 5.77. The first-order valence-corrected chi connectivity index (χ1v) is 7.69. The van der Waals surface area contributed by atoms with Gasteiger partial charge in [-0.15, -0.1) is 11.8 Å². The van der Waals surface area contributed by atoms with Crippen LogP contribution in [0.4, 0.5) is 0 Å². The smallest absolute Gasteiger partial charge is 0.0560 e. The van der Waals surface area contributed by atoms with Crippen molar-refractivity contribution in [2.24, 2.45) is 5.92 Å². The minimum absolute atomic E-state index is 0.838. The van der Waals surface area contributed by atoms with Crippen LogP contribution in [0.1, 0.15) is 32.1 Å². The third-order valence-electron chi connectivity index (χ3n) is 3.32. The van der Waals surface area contributed by atoms with Gasteiger partial charge in [-0.05, 0) is 30.9 Å². The van der Waals surface area contributed by atoms with E-state index in [0.29, 0.717) is 0 Å². The fraction of sp³-hybridized carbons (Fsp3) is 0.600. The van der Waals surface area contributed by atoms with Crippen LogP contribution in [0.2, 0.25) is 0 Å². The van der Waals surface area contributed by atoms with Gasteiger partial charge in [0.25, 0.3) is 0 Å². The topological polar surface area (TPSA) is 9.23 Å². The third-order valence-corrected chi connectivity index (χ3v) is 4.29. The van der Waals surface area contributed by atoms with Crippen molar-refractivity contribution in [3.63, 3.8) is 0 Å². The number of ether oxygens (including phenoxy) is 1. The van der Waals surface area contributed by atoms with E-state index in [-0.39, 0.29) is 0 Å². The Labute approximate surface area is 109 Å². The van der Waals surface area contributed by atoms with Crippen molar-refractivity contribution in [2.75, 3.05) is 19.0 Å². The Balaban J connectivity index is 1.51. The van der Waals surface area contributed by atoms with Gasteiger partial charge in [0, 0.05) is 17.3 Å². The summed E-state index contributed by atoms with van der Waals surface area (Å²) in [4.78, 5) is 1.34. The highest BCUT2D eigenvalue weighted by atomic mass is 32.2. The van der Waals surface area contributed by atoms with Gasteiger partial charge in [-0.1, -0.05) is 37.5 Å². The van der Waals surface area contributed by atoms with Gasteiger partial charge in [0.2, 0.25) is 0 Å². The Hall–Kier alpha value is -0.470. The van der Waals surface area contributed by atoms with Gasteiger partial charge in [0.05, 0.1) is 6.61 Å². The summed E-state index contributed by atoms with van der Waals surface area (Å²) in [6.45, 7) is 1.87. The van der Waals surface area contributed by atoms with Crippen molar-refractivity contribution in [1.82, 2.24) is 0 Å². The molecule has 94 valence electrons. The molecule has 1 nitrogen and oxygen atoms in total. The van der Waals surface area contributed by atoms with Crippen molar-refractivity contribution in [2.45, 2.75) is 37.0 Å². The molecule has 0 spiro atoms. The van der Waals surface area contributed by atoms with Crippen LogP contribution < -0.4 is 0 Å². The highest BCUT2D eigenvalue weighted by Crippen LogP contribution is 2.24. The average molecular weight is 250 g/mol. The van der Waals surface area contributed by atoms with Gasteiger partial charge >= 0.3 is 0 Å². The molecule has 17 heavy (non-hydrogen) atoms. The SMILES string of the molecule is c1ccc(SCCOCC2CCCCC2)cc1. The average Bonchev–Trinajstić information content (AvgIpc) is 2.41. The molecule has 0 atom stereocenters. The lowest BCUT2D eigenvalue weighted by atomic mass is 9.90. The Morgan fingerprint density at radius 1 is 1.06 bits per heavy atom. The lowest BCUT2D eigenvalue weighted by Crippen LogP contribution is -2.14. The number of benzene rings is 1. The minimum atomic E-state index is 0.838. The van der Waals surface area contributed by atoms with Crippen LogP contribution in [-0.4, -0.2) is 19.0 Å². The molecule has 1 aromatic carbocycles. The summed E-state index contributed by atoms with van der Waals surface area (Å²) in [6.07, 6.45) is 7.01. The summed E-state index contributed by atoms with van der Waals surface area (Å²) in [6, 6.07) is 10.6. The predicted molar refractivity (Wildman–Crippen MR) is 74.6 cm³/mol. The first-order chi connectivity index (χ1) is 8.45. The highest BCUT2D eigenvalue weighted by Gasteiger charge is 2.12. The fourth-order valence-electron chi connectivity index (χ4n) is 2.34. The van der Waals surface area contributed by atoms with Gasteiger partial charge in [-0.3, -0.25) is 0 Å². The molecule has 0 aromatic heterocycles. The lowest BCUT2D eigenvalue weighted by Gasteiger charge is -2.21. The maximum Gasteiger partial charge on any atom is 0.0560 e. The normalized spacial score (nSPS) is 17.2. The van der Waals surface area contributed by atoms with E-state index in [1.54, 1.807) is 0 Å². The molecule has 0 saturated heterocycles. The Kier molecular flexibility index (Phi) is 5.94. The first-order valence-electron chi connectivity index (χ1n) is 6.71. The van der Waals surface area contributed by atoms with Gasteiger partial charge in [-0.25, -0.2) is 0 Å². The minimum Gasteiger partial charge on any atom is -0.380 e. The van der Waals surface area contributed by atoms with Gasteiger partial charge in [0.1, 0.15) is 0 Å². The van der Waals surface area contributed by atoms with Gasteiger partial charge in [0.15, 0.2) is 0 Å². The summed E-state index contributed by atoms with van der Waals surface area (Å²) >= 11 is 1.88. The van der Waals surface area contributed by atoms with Crippen LogP contribution in [0, 0.1) is 5.92 Å². The second-order valence-corrected chi connectivity index (χ2v) is 5.91. The number of rotatable bonds is 6. The zero-order valence-electron chi connectivity index (χ0n) is 10.4. The number of thioether (sulfide) groups is 1. The van der Waals surface area contributed by atoms with Crippen LogP contribution >= 0.6 is 11.8 Å². The maximum absolute atomic E-state index is 5.77. The predicted octanol–water partition coefficient (Wildman–Crippen LogP) is 4.38. The Morgan fingerprint density at radius 2 is 1.82 bits per heavy atom. The van der Waals surface area contributed by atoms with E-state index in [0.717, 1.165) is 24.9 Å². The molecule has 2 heteroatoms. The molecule has 0 unspecified atom stereocenters. The van der Waals surface area contributed by atoms with Crippen molar-refractivity contribution in [1.29, 1.82) is 0 Å². The first kappa shape index (κ1) is 13.0. The fourth-order valence-corrected chi connectivity index (χ4v) is 3.13. The van der Waals surface area contributed by atoms with Crippen LogP contribution in [0.15, 0.2) is 35.2 Å². The highest BCUT2D eigenvalue weighted by molar-refractivity contribution is 7.99. The van der Waals surface area contributed by atoms with E-state index < -0.39 is 0 Å². The quantitative estimate of drug-likeness (QED) is 0.547. The lowest BCUT2D eigenvalue weighted by molar-refractivity contribution is 0.0967. The van der Waals surface area contributed by atoms with E-state index in [2.05, 4.69) is 30.3 Å². The second kappa shape index (κ2) is 7.78. The molecule has 1 saturated carbocycles. The van der Waals surface area contributed by atoms with Crippen molar-refractivity contribution in [3.05, 3.63) is 30.3 Å². The molecule has 0 N–H and O–H groups in total. The summed E-state index contributed by atoms with van der Waals surface area (Å²) in [5, 5.41) is 0. The summed E-state index contributed by atoms with van der Waals surface area (Å²) in [5.41, 5.74) is 0. The van der Waals surface area contributed by atoms with E-state index in [1.807, 2.05) is 11.8 Å². The third kappa shape index (κ3) is 5.13. The zero-order chi connectivity index (χ0) is 11.8. The molecule has 1 aliphatic carbocycles. The van der Waals surface area contributed by atoms with E-state index >= 15 is 0 Å². The number of hydrogen-bond acceptors (Lipinski definition) is 2. The molecule has 0 amide bonds. The Bertz CT molecular complexity index is 293. The monoisotopic (exact) mass is 250 g/mol. The van der Waals surface area contributed by atoms with Crippen molar-refractivity contribution >= 4 is 11.8 Å². The van der Waals surface area contributed by atoms with Gasteiger partial charge < -0.3 is 4.74 Å². The van der Waals surface area contributed by atoms with Crippen LogP contribution in [-0.2, 0) is 4.74 Å². The van der Waals surface area contributed by atoms with Gasteiger partial charge in [-0.2, -0.15) is 0 Å². The van der Waals surface area contributed by atoms with E-state index in [9.17, 15) is 0 Å². The molecule has 0 bridgehead atoms.